The fourth-order valence-electron chi connectivity index (χ4n) is 3.26. The number of likely N-dealkylation sites (N-methyl/N-ethyl adjacent to an activating group) is 1. The van der Waals surface area contributed by atoms with E-state index in [1.807, 2.05) is 18.2 Å². The Morgan fingerprint density at radius 1 is 1.19 bits per heavy atom. The number of piperazine rings is 1. The van der Waals surface area contributed by atoms with Crippen LogP contribution in [0.4, 0.5) is 17.2 Å². The third-order valence-corrected chi connectivity index (χ3v) is 4.74. The van der Waals surface area contributed by atoms with E-state index < -0.39 is 0 Å². The van der Waals surface area contributed by atoms with Crippen molar-refractivity contribution in [3.8, 4) is 0 Å². The van der Waals surface area contributed by atoms with Crippen LogP contribution in [-0.2, 0) is 4.79 Å². The number of anilines is 3. The van der Waals surface area contributed by atoms with E-state index in [2.05, 4.69) is 32.1 Å². The van der Waals surface area contributed by atoms with Crippen LogP contribution in [0, 0.1) is 0 Å². The summed E-state index contributed by atoms with van der Waals surface area (Å²) in [4.78, 5) is 39.8. The number of nitrogens with zero attached hydrogens (tertiary/aromatic N) is 5. The highest BCUT2D eigenvalue weighted by atomic mass is 16.2. The molecule has 8 nitrogen and oxygen atoms in total. The maximum atomic E-state index is 13.2. The molecule has 1 saturated heterocycles. The summed E-state index contributed by atoms with van der Waals surface area (Å²) in [6, 6.07) is 7.26. The van der Waals surface area contributed by atoms with Crippen LogP contribution >= 0.6 is 0 Å². The first-order valence-corrected chi connectivity index (χ1v) is 8.58. The lowest BCUT2D eigenvalue weighted by atomic mass is 10.2. The first kappa shape index (κ1) is 16.6. The van der Waals surface area contributed by atoms with Gasteiger partial charge in [-0.1, -0.05) is 12.1 Å². The predicted octanol–water partition coefficient (Wildman–Crippen LogP) is 0.954. The van der Waals surface area contributed by atoms with Gasteiger partial charge < -0.3 is 10.2 Å². The van der Waals surface area contributed by atoms with Gasteiger partial charge in [0.25, 0.3) is 5.91 Å². The van der Waals surface area contributed by atoms with Gasteiger partial charge in [0.05, 0.1) is 17.9 Å². The molecule has 2 aliphatic rings. The number of nitrogens with one attached hydrogen (secondary N) is 1. The smallest absolute Gasteiger partial charge is 0.261 e. The highest BCUT2D eigenvalue weighted by Crippen LogP contribution is 2.36. The molecule has 2 aliphatic heterocycles. The number of rotatable bonds is 2. The van der Waals surface area contributed by atoms with Crippen molar-refractivity contribution in [2.75, 3.05) is 50.0 Å². The maximum absolute atomic E-state index is 13.2. The van der Waals surface area contributed by atoms with Crippen LogP contribution < -0.4 is 10.2 Å². The molecule has 0 radical (unpaired) electrons. The third-order valence-electron chi connectivity index (χ3n) is 4.74. The van der Waals surface area contributed by atoms with Gasteiger partial charge in [0.15, 0.2) is 5.82 Å². The third kappa shape index (κ3) is 3.04. The second kappa shape index (κ2) is 6.81. The molecule has 3 heterocycles. The van der Waals surface area contributed by atoms with E-state index in [0.29, 0.717) is 17.2 Å². The van der Waals surface area contributed by atoms with Crippen molar-refractivity contribution < 1.29 is 9.59 Å². The Morgan fingerprint density at radius 3 is 2.77 bits per heavy atom. The first-order valence-electron chi connectivity index (χ1n) is 8.58. The normalized spacial score (nSPS) is 17.9. The Balaban J connectivity index is 1.71. The average molecular weight is 352 g/mol. The van der Waals surface area contributed by atoms with Gasteiger partial charge in [0, 0.05) is 32.4 Å². The zero-order chi connectivity index (χ0) is 18.1. The quantitative estimate of drug-likeness (QED) is 0.867. The number of hydrogen-bond acceptors (Lipinski definition) is 6. The molecule has 1 N–H and O–H groups in total. The molecule has 0 saturated carbocycles. The molecule has 2 amide bonds. The Morgan fingerprint density at radius 2 is 1.96 bits per heavy atom. The summed E-state index contributed by atoms with van der Waals surface area (Å²) < 4.78 is 0. The van der Waals surface area contributed by atoms with Gasteiger partial charge in [-0.05, 0) is 19.2 Å². The molecule has 0 aliphatic carbocycles. The fourth-order valence-corrected chi connectivity index (χ4v) is 3.26. The predicted molar refractivity (Wildman–Crippen MR) is 97.5 cm³/mol. The first-order chi connectivity index (χ1) is 12.6. The summed E-state index contributed by atoms with van der Waals surface area (Å²) in [5.74, 6) is -0.108. The van der Waals surface area contributed by atoms with Crippen LogP contribution in [0.5, 0.6) is 0 Å². The molecule has 4 rings (SSSR count). The average Bonchev–Trinajstić information content (AvgIpc) is 2.77. The van der Waals surface area contributed by atoms with E-state index in [9.17, 15) is 9.59 Å². The molecule has 0 spiro atoms. The van der Waals surface area contributed by atoms with Crippen molar-refractivity contribution in [2.24, 2.45) is 0 Å². The molecule has 2 aromatic rings. The van der Waals surface area contributed by atoms with E-state index >= 15 is 0 Å². The Labute approximate surface area is 151 Å². The van der Waals surface area contributed by atoms with Crippen LogP contribution in [-0.4, -0.2) is 71.4 Å². The number of para-hydroxylation sites is 2. The molecule has 26 heavy (non-hydrogen) atoms. The lowest BCUT2D eigenvalue weighted by molar-refractivity contribution is -0.119. The molecule has 134 valence electrons. The summed E-state index contributed by atoms with van der Waals surface area (Å²) >= 11 is 0. The van der Waals surface area contributed by atoms with Gasteiger partial charge in [0.1, 0.15) is 11.9 Å². The highest BCUT2D eigenvalue weighted by molar-refractivity contribution is 6.17. The Bertz CT molecular complexity index is 847. The van der Waals surface area contributed by atoms with E-state index in [4.69, 9.17) is 0 Å². The number of carbonyl (C=O) groups excluding carboxylic acids is 2. The van der Waals surface area contributed by atoms with Crippen molar-refractivity contribution in [1.82, 2.24) is 19.8 Å². The zero-order valence-electron chi connectivity index (χ0n) is 14.6. The number of carbonyl (C=O) groups is 2. The molecular weight excluding hydrogens is 332 g/mol. The van der Waals surface area contributed by atoms with E-state index in [-0.39, 0.29) is 23.9 Å². The van der Waals surface area contributed by atoms with Crippen molar-refractivity contribution >= 4 is 29.0 Å². The molecular formula is C18H20N6O2. The monoisotopic (exact) mass is 352 g/mol. The SMILES string of the molecule is CN1CCN(CC(=O)N2c3ccccc3NC(=O)c3cncnc32)CC1. The van der Waals surface area contributed by atoms with Crippen LogP contribution in [0.25, 0.3) is 0 Å². The van der Waals surface area contributed by atoms with Crippen molar-refractivity contribution in [1.29, 1.82) is 0 Å². The number of aromatic nitrogens is 2. The highest BCUT2D eigenvalue weighted by Gasteiger charge is 2.31. The summed E-state index contributed by atoms with van der Waals surface area (Å²) in [5, 5.41) is 2.84. The molecule has 8 heteroatoms. The Hall–Kier alpha value is -2.84. The summed E-state index contributed by atoms with van der Waals surface area (Å²) in [6.45, 7) is 3.82. The summed E-state index contributed by atoms with van der Waals surface area (Å²) in [5.41, 5.74) is 1.50. The number of benzene rings is 1. The minimum atomic E-state index is -0.317. The number of fused-ring (bicyclic) bond motifs is 2. The van der Waals surface area contributed by atoms with Gasteiger partial charge in [-0.25, -0.2) is 9.97 Å². The molecule has 1 aromatic carbocycles. The van der Waals surface area contributed by atoms with Crippen LogP contribution in [0.15, 0.2) is 36.8 Å². The maximum Gasteiger partial charge on any atom is 0.261 e. The van der Waals surface area contributed by atoms with Crippen LogP contribution in [0.3, 0.4) is 0 Å². The van der Waals surface area contributed by atoms with Gasteiger partial charge in [0.2, 0.25) is 5.91 Å². The van der Waals surface area contributed by atoms with E-state index in [1.165, 1.54) is 17.4 Å². The minimum Gasteiger partial charge on any atom is -0.320 e. The van der Waals surface area contributed by atoms with Crippen molar-refractivity contribution in [3.63, 3.8) is 0 Å². The second-order valence-electron chi connectivity index (χ2n) is 6.54. The summed E-state index contributed by atoms with van der Waals surface area (Å²) in [7, 11) is 2.08. The second-order valence-corrected chi connectivity index (χ2v) is 6.54. The van der Waals surface area contributed by atoms with Gasteiger partial charge in [-0.2, -0.15) is 0 Å². The molecule has 0 atom stereocenters. The molecule has 0 unspecified atom stereocenters. The zero-order valence-corrected chi connectivity index (χ0v) is 14.6. The number of amides is 2. The van der Waals surface area contributed by atoms with E-state index in [0.717, 1.165) is 26.2 Å². The van der Waals surface area contributed by atoms with Crippen LogP contribution in [0.1, 0.15) is 10.4 Å². The van der Waals surface area contributed by atoms with Crippen molar-refractivity contribution in [2.45, 2.75) is 0 Å². The van der Waals surface area contributed by atoms with Crippen molar-refractivity contribution in [3.05, 3.63) is 42.4 Å². The largest absolute Gasteiger partial charge is 0.320 e. The lowest BCUT2D eigenvalue weighted by Crippen LogP contribution is -2.48. The van der Waals surface area contributed by atoms with Gasteiger partial charge in [-0.3, -0.25) is 19.4 Å². The lowest BCUT2D eigenvalue weighted by Gasteiger charge is -2.33. The Kier molecular flexibility index (Phi) is 4.36. The van der Waals surface area contributed by atoms with E-state index in [1.54, 1.807) is 6.07 Å². The standard InChI is InChI=1S/C18H20N6O2/c1-22-6-8-23(9-7-22)11-16(25)24-15-5-3-2-4-14(15)21-18(26)13-10-19-12-20-17(13)24/h2-5,10,12H,6-9,11H2,1H3,(H,21,26). The minimum absolute atomic E-state index is 0.113. The van der Waals surface area contributed by atoms with Gasteiger partial charge in [-0.15, -0.1) is 0 Å². The summed E-state index contributed by atoms with van der Waals surface area (Å²) in [6.07, 6.45) is 2.80. The van der Waals surface area contributed by atoms with Gasteiger partial charge >= 0.3 is 0 Å². The molecule has 1 aromatic heterocycles. The molecule has 0 bridgehead atoms. The van der Waals surface area contributed by atoms with Crippen LogP contribution in [0.2, 0.25) is 0 Å². The fraction of sp³-hybridized carbons (Fsp3) is 0.333. The number of hydrogen-bond donors (Lipinski definition) is 1. The topological polar surface area (TPSA) is 81.7 Å². The molecule has 1 fully saturated rings.